The number of ether oxygens (including phenoxy) is 2. The Balaban J connectivity index is 1.50. The van der Waals surface area contributed by atoms with Crippen LogP contribution in [0.25, 0.3) is 6.08 Å². The molecule has 30 heavy (non-hydrogen) atoms. The summed E-state index contributed by atoms with van der Waals surface area (Å²) < 4.78 is 24.1. The van der Waals surface area contributed by atoms with Crippen LogP contribution in [0.4, 0.5) is 4.39 Å². The minimum absolute atomic E-state index is 0.143. The summed E-state index contributed by atoms with van der Waals surface area (Å²) in [5.41, 5.74) is 2.45. The lowest BCUT2D eigenvalue weighted by Crippen LogP contribution is -2.10. The molecular formula is C24H16FNO4. The normalized spacial score (nSPS) is 14.4. The molecule has 3 aromatic rings. The maximum absolute atomic E-state index is 13.7. The Bertz CT molecular complexity index is 1200. The van der Waals surface area contributed by atoms with Crippen molar-refractivity contribution in [2.45, 2.75) is 6.92 Å². The predicted molar refractivity (Wildman–Crippen MR) is 110 cm³/mol. The fraction of sp³-hybridized carbons (Fsp3) is 0.0417. The van der Waals surface area contributed by atoms with E-state index in [9.17, 15) is 14.0 Å². The van der Waals surface area contributed by atoms with Crippen LogP contribution in [-0.2, 0) is 9.53 Å². The SMILES string of the molecule is Cc1cccc(C2=N/C(=C/c3ccc(OC(=O)c4ccccc4F)cc3)C(=O)O2)c1. The second-order valence-corrected chi connectivity index (χ2v) is 6.64. The summed E-state index contributed by atoms with van der Waals surface area (Å²) in [6.45, 7) is 1.94. The maximum Gasteiger partial charge on any atom is 0.363 e. The van der Waals surface area contributed by atoms with E-state index in [1.54, 1.807) is 36.4 Å². The molecule has 5 nitrogen and oxygen atoms in total. The molecule has 0 fully saturated rings. The summed E-state index contributed by atoms with van der Waals surface area (Å²) in [5.74, 6) is -1.47. The van der Waals surface area contributed by atoms with Crippen LogP contribution >= 0.6 is 0 Å². The summed E-state index contributed by atoms with van der Waals surface area (Å²) in [7, 11) is 0. The van der Waals surface area contributed by atoms with Crippen LogP contribution in [0.5, 0.6) is 5.75 Å². The molecule has 0 aliphatic carbocycles. The van der Waals surface area contributed by atoms with Crippen LogP contribution in [0.2, 0.25) is 0 Å². The minimum atomic E-state index is -0.786. The molecule has 3 aromatic carbocycles. The smallest absolute Gasteiger partial charge is 0.363 e. The number of esters is 2. The van der Waals surface area contributed by atoms with Gasteiger partial charge in [0.1, 0.15) is 11.6 Å². The molecule has 4 rings (SSSR count). The van der Waals surface area contributed by atoms with E-state index in [0.29, 0.717) is 5.56 Å². The zero-order chi connectivity index (χ0) is 21.1. The molecule has 0 unspecified atom stereocenters. The van der Waals surface area contributed by atoms with Crippen molar-refractivity contribution >= 4 is 23.9 Å². The van der Waals surface area contributed by atoms with Gasteiger partial charge in [-0.15, -0.1) is 0 Å². The molecule has 0 atom stereocenters. The van der Waals surface area contributed by atoms with Crippen LogP contribution in [0, 0.1) is 12.7 Å². The summed E-state index contributed by atoms with van der Waals surface area (Å²) in [5, 5.41) is 0. The van der Waals surface area contributed by atoms with E-state index in [4.69, 9.17) is 9.47 Å². The fourth-order valence-electron chi connectivity index (χ4n) is 2.89. The molecule has 1 aliphatic heterocycles. The van der Waals surface area contributed by atoms with E-state index in [2.05, 4.69) is 4.99 Å². The van der Waals surface area contributed by atoms with Crippen LogP contribution < -0.4 is 4.74 Å². The van der Waals surface area contributed by atoms with Crippen molar-refractivity contribution < 1.29 is 23.5 Å². The van der Waals surface area contributed by atoms with E-state index in [1.165, 1.54) is 18.2 Å². The summed E-state index contributed by atoms with van der Waals surface area (Å²) >= 11 is 0. The third-order valence-corrected chi connectivity index (χ3v) is 4.37. The molecule has 6 heteroatoms. The summed E-state index contributed by atoms with van der Waals surface area (Å²) in [4.78, 5) is 28.5. The molecule has 148 valence electrons. The van der Waals surface area contributed by atoms with Gasteiger partial charge in [-0.25, -0.2) is 19.0 Å². The topological polar surface area (TPSA) is 65.0 Å². The number of hydrogen-bond donors (Lipinski definition) is 0. The lowest BCUT2D eigenvalue weighted by Gasteiger charge is -2.05. The molecule has 1 aliphatic rings. The van der Waals surface area contributed by atoms with Gasteiger partial charge in [-0.1, -0.05) is 42.0 Å². The maximum atomic E-state index is 13.7. The molecule has 0 spiro atoms. The van der Waals surface area contributed by atoms with Crippen LogP contribution in [0.1, 0.15) is 27.0 Å². The first kappa shape index (κ1) is 19.3. The third-order valence-electron chi connectivity index (χ3n) is 4.37. The number of aryl methyl sites for hydroxylation is 1. The number of nitrogens with zero attached hydrogens (tertiary/aromatic N) is 1. The number of carbonyl (C=O) groups is 2. The van der Waals surface area contributed by atoms with Gasteiger partial charge in [0.25, 0.3) is 0 Å². The van der Waals surface area contributed by atoms with Gasteiger partial charge < -0.3 is 9.47 Å². The molecule has 0 aromatic heterocycles. The number of hydrogen-bond acceptors (Lipinski definition) is 5. The molecule has 0 saturated heterocycles. The zero-order valence-electron chi connectivity index (χ0n) is 16.0. The van der Waals surface area contributed by atoms with Crippen molar-refractivity contribution in [2.24, 2.45) is 4.99 Å². The number of rotatable bonds is 4. The Morgan fingerprint density at radius 1 is 1.03 bits per heavy atom. The van der Waals surface area contributed by atoms with Gasteiger partial charge in [0, 0.05) is 5.56 Å². The molecule has 0 N–H and O–H groups in total. The van der Waals surface area contributed by atoms with Gasteiger partial charge in [-0.2, -0.15) is 0 Å². The lowest BCUT2D eigenvalue weighted by molar-refractivity contribution is -0.129. The van der Waals surface area contributed by atoms with E-state index in [0.717, 1.165) is 11.1 Å². The quantitative estimate of drug-likeness (QED) is 0.361. The molecule has 0 radical (unpaired) electrons. The third kappa shape index (κ3) is 4.17. The zero-order valence-corrected chi connectivity index (χ0v) is 16.0. The van der Waals surface area contributed by atoms with Crippen molar-refractivity contribution in [1.82, 2.24) is 0 Å². The molecule has 0 saturated carbocycles. The monoisotopic (exact) mass is 401 g/mol. The van der Waals surface area contributed by atoms with Gasteiger partial charge in [0.2, 0.25) is 5.90 Å². The van der Waals surface area contributed by atoms with Gasteiger partial charge in [-0.3, -0.25) is 0 Å². The lowest BCUT2D eigenvalue weighted by atomic mass is 10.1. The minimum Gasteiger partial charge on any atom is -0.423 e. The number of halogens is 1. The second-order valence-electron chi connectivity index (χ2n) is 6.64. The van der Waals surface area contributed by atoms with E-state index >= 15 is 0 Å². The number of cyclic esters (lactones) is 1. The highest BCUT2D eigenvalue weighted by Crippen LogP contribution is 2.21. The number of carbonyl (C=O) groups excluding carboxylic acids is 2. The Morgan fingerprint density at radius 2 is 1.80 bits per heavy atom. The van der Waals surface area contributed by atoms with Gasteiger partial charge in [0.05, 0.1) is 5.56 Å². The Kier molecular flexibility index (Phi) is 5.22. The average molecular weight is 401 g/mol. The van der Waals surface area contributed by atoms with Crippen molar-refractivity contribution in [3.05, 3.63) is 107 Å². The molecule has 0 bridgehead atoms. The van der Waals surface area contributed by atoms with E-state index in [1.807, 2.05) is 31.2 Å². The summed E-state index contributed by atoms with van der Waals surface area (Å²) in [6, 6.07) is 19.5. The van der Waals surface area contributed by atoms with Crippen LogP contribution in [0.15, 0.2) is 83.5 Å². The summed E-state index contributed by atoms with van der Waals surface area (Å²) in [6.07, 6.45) is 1.58. The first-order chi connectivity index (χ1) is 14.5. The predicted octanol–water partition coefficient (Wildman–Crippen LogP) is 4.70. The van der Waals surface area contributed by atoms with Crippen molar-refractivity contribution in [3.8, 4) is 5.75 Å². The van der Waals surface area contributed by atoms with Gasteiger partial charge >= 0.3 is 11.9 Å². The molecular weight excluding hydrogens is 385 g/mol. The Hall–Kier alpha value is -4.06. The van der Waals surface area contributed by atoms with E-state index in [-0.39, 0.29) is 22.9 Å². The van der Waals surface area contributed by atoms with Crippen LogP contribution in [0.3, 0.4) is 0 Å². The second kappa shape index (κ2) is 8.13. The standard InChI is InChI=1S/C24H16FNO4/c1-15-5-4-6-17(13-15)22-26-21(24(28)30-22)14-16-9-11-18(12-10-16)29-23(27)19-7-2-3-8-20(19)25/h2-14H,1H3/b21-14+. The van der Waals surface area contributed by atoms with Crippen molar-refractivity contribution in [2.75, 3.05) is 0 Å². The number of aliphatic imine (C=N–C) groups is 1. The fourth-order valence-corrected chi connectivity index (χ4v) is 2.89. The number of benzene rings is 3. The highest BCUT2D eigenvalue weighted by molar-refractivity contribution is 6.12. The Labute approximate surface area is 172 Å². The van der Waals surface area contributed by atoms with Gasteiger partial charge in [0.15, 0.2) is 5.70 Å². The first-order valence-corrected chi connectivity index (χ1v) is 9.16. The highest BCUT2D eigenvalue weighted by atomic mass is 19.1. The van der Waals surface area contributed by atoms with Crippen molar-refractivity contribution in [3.63, 3.8) is 0 Å². The Morgan fingerprint density at radius 3 is 2.53 bits per heavy atom. The van der Waals surface area contributed by atoms with Crippen LogP contribution in [-0.4, -0.2) is 17.8 Å². The van der Waals surface area contributed by atoms with Gasteiger partial charge in [-0.05, 0) is 55.0 Å². The molecule has 0 amide bonds. The largest absolute Gasteiger partial charge is 0.423 e. The highest BCUT2D eigenvalue weighted by Gasteiger charge is 2.24. The average Bonchev–Trinajstić information content (AvgIpc) is 3.10. The van der Waals surface area contributed by atoms with E-state index < -0.39 is 17.8 Å². The first-order valence-electron chi connectivity index (χ1n) is 9.16. The molecule has 1 heterocycles. The van der Waals surface area contributed by atoms with Crippen molar-refractivity contribution in [1.29, 1.82) is 0 Å².